The van der Waals surface area contributed by atoms with Crippen molar-refractivity contribution >= 4 is 23.3 Å². The molecule has 1 aromatic heterocycles. The van der Waals surface area contributed by atoms with Crippen LogP contribution in [-0.2, 0) is 13.5 Å². The Balaban J connectivity index is 1.81. The van der Waals surface area contributed by atoms with Gasteiger partial charge in [-0.2, -0.15) is 0 Å². The second kappa shape index (κ2) is 6.68. The van der Waals surface area contributed by atoms with Crippen molar-refractivity contribution in [2.45, 2.75) is 20.3 Å². The van der Waals surface area contributed by atoms with Crippen molar-refractivity contribution in [1.29, 1.82) is 0 Å². The number of urea groups is 1. The summed E-state index contributed by atoms with van der Waals surface area (Å²) in [5, 5.41) is 6.28. The van der Waals surface area contributed by atoms with E-state index in [1.807, 2.05) is 0 Å². The lowest BCUT2D eigenvalue weighted by atomic mass is 10.2. The summed E-state index contributed by atoms with van der Waals surface area (Å²) in [4.78, 5) is 11.8. The molecule has 0 spiro atoms. The Morgan fingerprint density at radius 3 is 2.48 bits per heavy atom. The first-order chi connectivity index (χ1) is 9.97. The van der Waals surface area contributed by atoms with Crippen molar-refractivity contribution in [3.63, 3.8) is 0 Å². The number of amides is 2. The van der Waals surface area contributed by atoms with E-state index in [9.17, 15) is 4.79 Å². The molecule has 0 saturated carbocycles. The highest BCUT2D eigenvalue weighted by molar-refractivity contribution is 6.30. The minimum atomic E-state index is -0.206. The molecule has 5 heteroatoms. The largest absolute Gasteiger partial charge is 0.352 e. The molecule has 1 aromatic carbocycles. The van der Waals surface area contributed by atoms with Gasteiger partial charge < -0.3 is 15.2 Å². The van der Waals surface area contributed by atoms with Crippen LogP contribution in [-0.4, -0.2) is 17.1 Å². The van der Waals surface area contributed by atoms with Crippen LogP contribution >= 0.6 is 11.6 Å². The smallest absolute Gasteiger partial charge is 0.319 e. The fourth-order valence-electron chi connectivity index (χ4n) is 2.21. The van der Waals surface area contributed by atoms with E-state index in [1.54, 1.807) is 24.3 Å². The normalized spacial score (nSPS) is 10.5. The fraction of sp³-hybridized carbons (Fsp3) is 0.312. The average molecular weight is 306 g/mol. The van der Waals surface area contributed by atoms with E-state index < -0.39 is 0 Å². The molecule has 0 radical (unpaired) electrons. The van der Waals surface area contributed by atoms with E-state index >= 15 is 0 Å². The van der Waals surface area contributed by atoms with Gasteiger partial charge in [0.05, 0.1) is 0 Å². The van der Waals surface area contributed by atoms with E-state index in [1.165, 1.54) is 17.0 Å². The number of carbonyl (C=O) groups is 1. The van der Waals surface area contributed by atoms with Crippen LogP contribution in [0.3, 0.4) is 0 Å². The second-order valence-corrected chi connectivity index (χ2v) is 5.53. The number of aryl methyl sites for hydroxylation is 1. The standard InChI is InChI=1S/C16H20ClN3O/c1-11-10-13(12(2)20(11)3)8-9-18-16(21)19-15-6-4-14(17)5-7-15/h4-7,10H,8-9H2,1-3H3,(H2,18,19,21). The molecule has 0 bridgehead atoms. The molecule has 0 saturated heterocycles. The Labute approximate surface area is 130 Å². The summed E-state index contributed by atoms with van der Waals surface area (Å²) in [7, 11) is 2.05. The van der Waals surface area contributed by atoms with E-state index in [2.05, 4.69) is 42.2 Å². The third-order valence-corrected chi connectivity index (χ3v) is 3.91. The lowest BCUT2D eigenvalue weighted by molar-refractivity contribution is 0.252. The maximum atomic E-state index is 11.8. The summed E-state index contributed by atoms with van der Waals surface area (Å²) in [6.45, 7) is 4.77. The highest BCUT2D eigenvalue weighted by Gasteiger charge is 2.06. The summed E-state index contributed by atoms with van der Waals surface area (Å²) in [6, 6.07) is 8.98. The molecule has 0 unspecified atom stereocenters. The summed E-state index contributed by atoms with van der Waals surface area (Å²) >= 11 is 5.80. The highest BCUT2D eigenvalue weighted by Crippen LogP contribution is 2.14. The summed E-state index contributed by atoms with van der Waals surface area (Å²) in [5.74, 6) is 0. The van der Waals surface area contributed by atoms with Crippen molar-refractivity contribution < 1.29 is 4.79 Å². The SMILES string of the molecule is Cc1cc(CCNC(=O)Nc2ccc(Cl)cc2)c(C)n1C. The maximum Gasteiger partial charge on any atom is 0.319 e. The Kier molecular flexibility index (Phi) is 4.91. The molecule has 0 aliphatic heterocycles. The van der Waals surface area contributed by atoms with Crippen LogP contribution in [0.5, 0.6) is 0 Å². The quantitative estimate of drug-likeness (QED) is 0.889. The van der Waals surface area contributed by atoms with Gasteiger partial charge in [-0.3, -0.25) is 0 Å². The number of rotatable bonds is 4. The van der Waals surface area contributed by atoms with Gasteiger partial charge >= 0.3 is 6.03 Å². The predicted octanol–water partition coefficient (Wildman–Crippen LogP) is 3.66. The zero-order valence-corrected chi connectivity index (χ0v) is 13.3. The summed E-state index contributed by atoms with van der Waals surface area (Å²) in [5.41, 5.74) is 4.46. The zero-order valence-electron chi connectivity index (χ0n) is 12.5. The molecule has 1 heterocycles. The van der Waals surface area contributed by atoms with Crippen LogP contribution in [0.1, 0.15) is 17.0 Å². The number of nitrogens with zero attached hydrogens (tertiary/aromatic N) is 1. The van der Waals surface area contributed by atoms with Crippen LogP contribution in [0, 0.1) is 13.8 Å². The number of anilines is 1. The Morgan fingerprint density at radius 2 is 1.90 bits per heavy atom. The molecular weight excluding hydrogens is 286 g/mol. The van der Waals surface area contributed by atoms with Gasteiger partial charge in [-0.25, -0.2) is 4.79 Å². The second-order valence-electron chi connectivity index (χ2n) is 5.09. The van der Waals surface area contributed by atoms with Crippen molar-refractivity contribution in [3.8, 4) is 0 Å². The van der Waals surface area contributed by atoms with Gasteiger partial charge in [0, 0.05) is 35.7 Å². The van der Waals surface area contributed by atoms with Crippen LogP contribution in [0.4, 0.5) is 10.5 Å². The molecule has 0 aliphatic carbocycles. The van der Waals surface area contributed by atoms with Gasteiger partial charge in [0.25, 0.3) is 0 Å². The van der Waals surface area contributed by atoms with Crippen LogP contribution < -0.4 is 10.6 Å². The van der Waals surface area contributed by atoms with E-state index in [4.69, 9.17) is 11.6 Å². The van der Waals surface area contributed by atoms with Crippen molar-refractivity contribution in [2.24, 2.45) is 7.05 Å². The van der Waals surface area contributed by atoms with Crippen molar-refractivity contribution in [2.75, 3.05) is 11.9 Å². The van der Waals surface area contributed by atoms with Gasteiger partial charge in [0.15, 0.2) is 0 Å². The number of hydrogen-bond acceptors (Lipinski definition) is 1. The van der Waals surface area contributed by atoms with Crippen LogP contribution in [0.25, 0.3) is 0 Å². The van der Waals surface area contributed by atoms with Gasteiger partial charge in [-0.1, -0.05) is 11.6 Å². The topological polar surface area (TPSA) is 46.1 Å². The highest BCUT2D eigenvalue weighted by atomic mass is 35.5. The van der Waals surface area contributed by atoms with Crippen LogP contribution in [0.15, 0.2) is 30.3 Å². The molecule has 2 N–H and O–H groups in total. The number of carbonyl (C=O) groups excluding carboxylic acids is 1. The molecule has 21 heavy (non-hydrogen) atoms. The zero-order chi connectivity index (χ0) is 15.4. The molecule has 4 nitrogen and oxygen atoms in total. The predicted molar refractivity (Wildman–Crippen MR) is 87.1 cm³/mol. The van der Waals surface area contributed by atoms with Crippen LogP contribution in [0.2, 0.25) is 5.02 Å². The third kappa shape index (κ3) is 4.02. The number of nitrogens with one attached hydrogen (secondary N) is 2. The monoisotopic (exact) mass is 305 g/mol. The van der Waals surface area contributed by atoms with E-state index in [0.29, 0.717) is 11.6 Å². The number of halogens is 1. The molecule has 2 amide bonds. The Hall–Kier alpha value is -1.94. The first kappa shape index (κ1) is 15.4. The molecule has 2 rings (SSSR count). The van der Waals surface area contributed by atoms with E-state index in [-0.39, 0.29) is 6.03 Å². The third-order valence-electron chi connectivity index (χ3n) is 3.66. The van der Waals surface area contributed by atoms with Crippen molar-refractivity contribution in [3.05, 3.63) is 52.3 Å². The summed E-state index contributed by atoms with van der Waals surface area (Å²) in [6.07, 6.45) is 0.821. The first-order valence-corrected chi connectivity index (χ1v) is 7.27. The van der Waals surface area contributed by atoms with Gasteiger partial charge in [-0.05, 0) is 56.2 Å². The first-order valence-electron chi connectivity index (χ1n) is 6.89. The molecule has 0 aliphatic rings. The Morgan fingerprint density at radius 1 is 1.24 bits per heavy atom. The van der Waals surface area contributed by atoms with Gasteiger partial charge in [0.1, 0.15) is 0 Å². The van der Waals surface area contributed by atoms with Crippen molar-refractivity contribution in [1.82, 2.24) is 9.88 Å². The molecular formula is C16H20ClN3O. The minimum absolute atomic E-state index is 0.206. The lowest BCUT2D eigenvalue weighted by Crippen LogP contribution is -2.30. The van der Waals surface area contributed by atoms with Gasteiger partial charge in [0.2, 0.25) is 0 Å². The molecule has 0 atom stereocenters. The van der Waals surface area contributed by atoms with Gasteiger partial charge in [-0.15, -0.1) is 0 Å². The maximum absolute atomic E-state index is 11.8. The Bertz CT molecular complexity index is 632. The number of aromatic nitrogens is 1. The average Bonchev–Trinajstić information content (AvgIpc) is 2.69. The minimum Gasteiger partial charge on any atom is -0.352 e. The fourth-order valence-corrected chi connectivity index (χ4v) is 2.33. The number of hydrogen-bond donors (Lipinski definition) is 2. The lowest BCUT2D eigenvalue weighted by Gasteiger charge is -2.08. The number of benzene rings is 1. The molecule has 112 valence electrons. The molecule has 2 aromatic rings. The molecule has 0 fully saturated rings. The summed E-state index contributed by atoms with van der Waals surface area (Å²) < 4.78 is 2.16. The van der Waals surface area contributed by atoms with E-state index in [0.717, 1.165) is 12.1 Å².